The number of carbonyl (C=O) groups excluding carboxylic acids is 4. The van der Waals surface area contributed by atoms with Gasteiger partial charge in [0.05, 0.1) is 23.4 Å². The van der Waals surface area contributed by atoms with Crippen LogP contribution in [0.4, 0.5) is 0 Å². The average molecular weight is 679 g/mol. The first-order valence-electron chi connectivity index (χ1n) is 18.1. The van der Waals surface area contributed by atoms with Crippen LogP contribution in [0.3, 0.4) is 0 Å². The van der Waals surface area contributed by atoms with Crippen molar-refractivity contribution in [1.82, 2.24) is 0 Å². The van der Waals surface area contributed by atoms with E-state index in [1.807, 2.05) is 27.7 Å². The summed E-state index contributed by atoms with van der Waals surface area (Å²) in [7, 11) is 0. The lowest BCUT2D eigenvalue weighted by atomic mass is 9.53. The molecule has 2 saturated carbocycles. The molecule has 0 aromatic rings. The molecule has 274 valence electrons. The minimum absolute atomic E-state index is 0.0954. The van der Waals surface area contributed by atoms with Crippen molar-refractivity contribution in [2.75, 3.05) is 0 Å². The summed E-state index contributed by atoms with van der Waals surface area (Å²) in [6, 6.07) is 0. The van der Waals surface area contributed by atoms with Gasteiger partial charge in [-0.25, -0.2) is 0 Å². The second-order valence-corrected chi connectivity index (χ2v) is 17.3. The summed E-state index contributed by atoms with van der Waals surface area (Å²) in [5.74, 6) is -1.49. The van der Waals surface area contributed by atoms with Crippen LogP contribution in [0.25, 0.3) is 0 Å². The van der Waals surface area contributed by atoms with Crippen LogP contribution < -0.4 is 0 Å². The van der Waals surface area contributed by atoms with Gasteiger partial charge in [0.2, 0.25) is 0 Å². The summed E-state index contributed by atoms with van der Waals surface area (Å²) in [6.07, 6.45) is 5.72. The molecule has 2 heterocycles. The highest BCUT2D eigenvalue weighted by Crippen LogP contribution is 2.60. The largest absolute Gasteiger partial charge is 0.460 e. The molecule has 10 nitrogen and oxygen atoms in total. The van der Waals surface area contributed by atoms with Gasteiger partial charge in [-0.1, -0.05) is 13.8 Å². The van der Waals surface area contributed by atoms with E-state index in [0.717, 1.165) is 12.8 Å². The molecule has 0 radical (unpaired) electrons. The van der Waals surface area contributed by atoms with Crippen molar-refractivity contribution >= 4 is 23.9 Å². The van der Waals surface area contributed by atoms with Gasteiger partial charge in [0.1, 0.15) is 23.4 Å². The van der Waals surface area contributed by atoms with Gasteiger partial charge >= 0.3 is 23.9 Å². The molecular formula is C38H62O10. The Morgan fingerprint density at radius 3 is 1.15 bits per heavy atom. The maximum Gasteiger partial charge on any atom is 0.303 e. The predicted molar refractivity (Wildman–Crippen MR) is 179 cm³/mol. The fraction of sp³-hybridized carbons (Fsp3) is 0.895. The summed E-state index contributed by atoms with van der Waals surface area (Å²) in [5, 5.41) is 0. The molecule has 2 saturated heterocycles. The second kappa shape index (κ2) is 13.5. The summed E-state index contributed by atoms with van der Waals surface area (Å²) in [4.78, 5) is 49.4. The summed E-state index contributed by atoms with van der Waals surface area (Å²) >= 11 is 0. The van der Waals surface area contributed by atoms with Gasteiger partial charge in [0, 0.05) is 50.4 Å². The van der Waals surface area contributed by atoms with Crippen LogP contribution in [0.1, 0.15) is 147 Å². The van der Waals surface area contributed by atoms with Crippen molar-refractivity contribution < 1.29 is 47.6 Å². The molecule has 10 heteroatoms. The SMILES string of the molecule is CC(=O)OC1CC[C@]2(C)C(CC[C@@](C)(OC(C)=O)[C@H]2CCC2C3(C)CC[C@H](OC(C)=O)C(C)(C)O[C@H]3CC[C@]2(C)OC(C)=O)OC1(C)C. The Hall–Kier alpha value is -2.20. The maximum absolute atomic E-state index is 12.6. The third-order valence-corrected chi connectivity index (χ3v) is 12.8. The summed E-state index contributed by atoms with van der Waals surface area (Å²) in [5.41, 5.74) is -3.67. The molecule has 0 aromatic carbocycles. The molecule has 4 rings (SSSR count). The normalized spacial score (nSPS) is 42.1. The van der Waals surface area contributed by atoms with Crippen molar-refractivity contribution in [3.8, 4) is 0 Å². The van der Waals surface area contributed by atoms with Gasteiger partial charge in [0.15, 0.2) is 0 Å². The van der Waals surface area contributed by atoms with E-state index >= 15 is 0 Å². The Bertz CT molecular complexity index is 1150. The third-order valence-electron chi connectivity index (χ3n) is 12.8. The second-order valence-electron chi connectivity index (χ2n) is 17.3. The van der Waals surface area contributed by atoms with Crippen molar-refractivity contribution in [3.63, 3.8) is 0 Å². The zero-order valence-corrected chi connectivity index (χ0v) is 31.6. The number of carbonyl (C=O) groups is 4. The Morgan fingerprint density at radius 2 is 0.854 bits per heavy atom. The van der Waals surface area contributed by atoms with E-state index in [9.17, 15) is 19.2 Å². The Morgan fingerprint density at radius 1 is 0.521 bits per heavy atom. The molecule has 4 unspecified atom stereocenters. The fourth-order valence-corrected chi connectivity index (χ4v) is 10.5. The molecule has 0 spiro atoms. The molecule has 0 aromatic heterocycles. The molecule has 0 amide bonds. The van der Waals surface area contributed by atoms with Crippen LogP contribution in [0.2, 0.25) is 0 Å². The highest BCUT2D eigenvalue weighted by atomic mass is 16.6. The Kier molecular flexibility index (Phi) is 10.9. The van der Waals surface area contributed by atoms with Crippen LogP contribution in [0.15, 0.2) is 0 Å². The molecule has 0 bridgehead atoms. The number of ether oxygens (including phenoxy) is 6. The van der Waals surface area contributed by atoms with E-state index in [2.05, 4.69) is 27.7 Å². The Labute approximate surface area is 288 Å². The summed E-state index contributed by atoms with van der Waals surface area (Å²) in [6.45, 7) is 22.4. The average Bonchev–Trinajstić information content (AvgIpc) is 3.08. The highest BCUT2D eigenvalue weighted by molar-refractivity contribution is 5.67. The van der Waals surface area contributed by atoms with Crippen molar-refractivity contribution in [3.05, 3.63) is 0 Å². The van der Waals surface area contributed by atoms with Crippen LogP contribution in [0, 0.1) is 22.7 Å². The standard InChI is InChI=1S/C38H62O10/c1-23(39)43-29-15-19-35(9)27(37(11,45-25(3)41)21-17-31(35)47-33(29,5)6)13-14-28-36(10)20-16-30(44-24(2)40)34(7,8)48-32(36)18-22-38(28,12)46-26(4)42/h27-32H,13-22H2,1-12H3/t27-,28?,29?,30-,31?,32-,35-,36?,37+,38-/m0/s1. The summed E-state index contributed by atoms with van der Waals surface area (Å²) < 4.78 is 37.8. The van der Waals surface area contributed by atoms with E-state index in [4.69, 9.17) is 28.4 Å². The Balaban J connectivity index is 1.75. The zero-order valence-electron chi connectivity index (χ0n) is 31.6. The fourth-order valence-electron chi connectivity index (χ4n) is 10.5. The molecule has 2 aliphatic carbocycles. The van der Waals surface area contributed by atoms with E-state index in [1.54, 1.807) is 0 Å². The number of rotatable bonds is 7. The molecule has 4 aliphatic rings. The monoisotopic (exact) mass is 678 g/mol. The van der Waals surface area contributed by atoms with Gasteiger partial charge in [-0.15, -0.1) is 0 Å². The van der Waals surface area contributed by atoms with Crippen LogP contribution in [-0.2, 0) is 47.6 Å². The van der Waals surface area contributed by atoms with Crippen LogP contribution in [-0.4, -0.2) is 70.7 Å². The minimum Gasteiger partial charge on any atom is -0.460 e. The van der Waals surface area contributed by atoms with E-state index < -0.39 is 45.4 Å². The van der Waals surface area contributed by atoms with Gasteiger partial charge in [-0.3, -0.25) is 19.2 Å². The van der Waals surface area contributed by atoms with E-state index in [-0.39, 0.29) is 47.9 Å². The molecule has 4 fully saturated rings. The lowest BCUT2D eigenvalue weighted by molar-refractivity contribution is -0.231. The quantitative estimate of drug-likeness (QED) is 0.205. The van der Waals surface area contributed by atoms with Crippen LogP contribution in [0.5, 0.6) is 0 Å². The zero-order chi connectivity index (χ0) is 36.1. The topological polar surface area (TPSA) is 124 Å². The van der Waals surface area contributed by atoms with Crippen molar-refractivity contribution in [2.24, 2.45) is 22.7 Å². The van der Waals surface area contributed by atoms with Crippen molar-refractivity contribution in [1.29, 1.82) is 0 Å². The number of esters is 4. The predicted octanol–water partition coefficient (Wildman–Crippen LogP) is 7.02. The first kappa shape index (κ1) is 38.6. The molecule has 2 aliphatic heterocycles. The van der Waals surface area contributed by atoms with Gasteiger partial charge < -0.3 is 28.4 Å². The van der Waals surface area contributed by atoms with E-state index in [0.29, 0.717) is 51.4 Å². The number of fused-ring (bicyclic) bond motifs is 2. The van der Waals surface area contributed by atoms with Gasteiger partial charge in [0.25, 0.3) is 0 Å². The number of hydrogen-bond acceptors (Lipinski definition) is 10. The minimum atomic E-state index is -0.749. The smallest absolute Gasteiger partial charge is 0.303 e. The van der Waals surface area contributed by atoms with Gasteiger partial charge in [-0.05, 0) is 106 Å². The maximum atomic E-state index is 12.6. The van der Waals surface area contributed by atoms with E-state index in [1.165, 1.54) is 27.7 Å². The number of hydrogen-bond donors (Lipinski definition) is 0. The first-order valence-corrected chi connectivity index (χ1v) is 18.1. The third kappa shape index (κ3) is 7.59. The lowest BCUT2D eigenvalue weighted by Crippen LogP contribution is -2.60. The highest BCUT2D eigenvalue weighted by Gasteiger charge is 2.62. The molecular weight excluding hydrogens is 616 g/mol. The molecule has 10 atom stereocenters. The van der Waals surface area contributed by atoms with Crippen LogP contribution >= 0.6 is 0 Å². The molecule has 0 N–H and O–H groups in total. The van der Waals surface area contributed by atoms with Crippen molar-refractivity contribution in [2.45, 2.75) is 194 Å². The lowest BCUT2D eigenvalue weighted by Gasteiger charge is -2.58. The van der Waals surface area contributed by atoms with Gasteiger partial charge in [-0.2, -0.15) is 0 Å². The molecule has 48 heavy (non-hydrogen) atoms. The first-order chi connectivity index (χ1) is 22.0.